The summed E-state index contributed by atoms with van der Waals surface area (Å²) in [5.74, 6) is 1.02. The number of ether oxygens (including phenoxy) is 1. The van der Waals surface area contributed by atoms with Gasteiger partial charge in [0.1, 0.15) is 0 Å². The third kappa shape index (κ3) is 2.05. The van der Waals surface area contributed by atoms with Crippen LogP contribution in [0.4, 0.5) is 0 Å². The summed E-state index contributed by atoms with van der Waals surface area (Å²) in [7, 11) is 1.80. The van der Waals surface area contributed by atoms with Crippen molar-refractivity contribution in [2.45, 2.75) is 38.1 Å². The zero-order chi connectivity index (χ0) is 9.10. The molecule has 0 amide bonds. The molecular weight excluding hydrogens is 162 g/mol. The van der Waals surface area contributed by atoms with Gasteiger partial charge in [0.05, 0.1) is 6.61 Å². The van der Waals surface area contributed by atoms with Crippen molar-refractivity contribution in [3.8, 4) is 0 Å². The molecular formula is C11H21NO. The van der Waals surface area contributed by atoms with Crippen molar-refractivity contribution >= 4 is 0 Å². The molecule has 2 fully saturated rings. The lowest BCUT2D eigenvalue weighted by Gasteiger charge is -2.37. The standard InChI is InChI=1S/C11H21NO/c1-13-9-8-12-7-3-5-10-4-2-6-11(10)12/h10-11H,2-9H2,1H3/t10-,11-/m1/s1. The van der Waals surface area contributed by atoms with Gasteiger partial charge in [0, 0.05) is 19.7 Å². The van der Waals surface area contributed by atoms with Crippen molar-refractivity contribution in [2.24, 2.45) is 5.92 Å². The van der Waals surface area contributed by atoms with Crippen molar-refractivity contribution in [1.29, 1.82) is 0 Å². The molecule has 0 spiro atoms. The number of piperidine rings is 1. The lowest BCUT2D eigenvalue weighted by molar-refractivity contribution is 0.0759. The first-order valence-electron chi connectivity index (χ1n) is 5.65. The zero-order valence-electron chi connectivity index (χ0n) is 8.67. The minimum Gasteiger partial charge on any atom is -0.383 e. The van der Waals surface area contributed by atoms with Gasteiger partial charge in [0.25, 0.3) is 0 Å². The van der Waals surface area contributed by atoms with E-state index in [1.807, 2.05) is 0 Å². The minimum absolute atomic E-state index is 0.906. The number of nitrogens with zero attached hydrogens (tertiary/aromatic N) is 1. The van der Waals surface area contributed by atoms with Gasteiger partial charge in [-0.2, -0.15) is 0 Å². The highest BCUT2D eigenvalue weighted by atomic mass is 16.5. The Balaban J connectivity index is 1.86. The van der Waals surface area contributed by atoms with Gasteiger partial charge in [-0.15, -0.1) is 0 Å². The molecule has 1 aliphatic heterocycles. The van der Waals surface area contributed by atoms with Crippen LogP contribution in [-0.2, 0) is 4.74 Å². The number of likely N-dealkylation sites (tertiary alicyclic amines) is 1. The van der Waals surface area contributed by atoms with Gasteiger partial charge in [-0.25, -0.2) is 0 Å². The molecule has 2 heteroatoms. The lowest BCUT2D eigenvalue weighted by Crippen LogP contribution is -2.43. The van der Waals surface area contributed by atoms with Crippen molar-refractivity contribution in [1.82, 2.24) is 4.90 Å². The van der Waals surface area contributed by atoms with Gasteiger partial charge in [0.2, 0.25) is 0 Å². The van der Waals surface area contributed by atoms with Crippen molar-refractivity contribution in [3.05, 3.63) is 0 Å². The first-order chi connectivity index (χ1) is 6.42. The van der Waals surface area contributed by atoms with Gasteiger partial charge in [-0.1, -0.05) is 6.42 Å². The molecule has 2 nitrogen and oxygen atoms in total. The van der Waals surface area contributed by atoms with E-state index in [0.717, 1.165) is 25.1 Å². The maximum absolute atomic E-state index is 5.15. The number of hydrogen-bond acceptors (Lipinski definition) is 2. The summed E-state index contributed by atoms with van der Waals surface area (Å²) in [6.45, 7) is 3.37. The quantitative estimate of drug-likeness (QED) is 0.662. The molecule has 0 aromatic heterocycles. The number of methoxy groups -OCH3 is 1. The van der Waals surface area contributed by atoms with E-state index in [2.05, 4.69) is 4.90 Å². The molecule has 76 valence electrons. The van der Waals surface area contributed by atoms with Crippen LogP contribution in [0.3, 0.4) is 0 Å². The highest BCUT2D eigenvalue weighted by Gasteiger charge is 2.34. The summed E-state index contributed by atoms with van der Waals surface area (Å²) >= 11 is 0. The molecule has 0 aromatic carbocycles. The van der Waals surface area contributed by atoms with Crippen LogP contribution in [0.2, 0.25) is 0 Å². The van der Waals surface area contributed by atoms with Crippen LogP contribution >= 0.6 is 0 Å². The molecule has 0 bridgehead atoms. The highest BCUT2D eigenvalue weighted by Crippen LogP contribution is 2.36. The smallest absolute Gasteiger partial charge is 0.0589 e. The minimum atomic E-state index is 0.906. The predicted octanol–water partition coefficient (Wildman–Crippen LogP) is 1.90. The van der Waals surface area contributed by atoms with Crippen LogP contribution in [0.5, 0.6) is 0 Å². The summed E-state index contributed by atoms with van der Waals surface area (Å²) < 4.78 is 5.15. The number of hydrogen-bond donors (Lipinski definition) is 0. The zero-order valence-corrected chi connectivity index (χ0v) is 8.67. The molecule has 0 N–H and O–H groups in total. The normalized spacial score (nSPS) is 34.8. The Morgan fingerprint density at radius 3 is 2.92 bits per heavy atom. The van der Waals surface area contributed by atoms with E-state index in [4.69, 9.17) is 4.74 Å². The summed E-state index contributed by atoms with van der Waals surface area (Å²) in [5, 5.41) is 0. The second-order valence-electron chi connectivity index (χ2n) is 4.43. The molecule has 1 saturated carbocycles. The molecule has 0 aromatic rings. The molecule has 2 atom stereocenters. The summed E-state index contributed by atoms with van der Waals surface area (Å²) in [6.07, 6.45) is 7.26. The van der Waals surface area contributed by atoms with E-state index in [9.17, 15) is 0 Å². The fraction of sp³-hybridized carbons (Fsp3) is 1.00. The SMILES string of the molecule is COCCN1CCC[C@H]2CCC[C@H]21. The van der Waals surface area contributed by atoms with Crippen LogP contribution in [-0.4, -0.2) is 37.7 Å². The van der Waals surface area contributed by atoms with E-state index < -0.39 is 0 Å². The first kappa shape index (κ1) is 9.47. The van der Waals surface area contributed by atoms with E-state index in [0.29, 0.717) is 0 Å². The summed E-state index contributed by atoms with van der Waals surface area (Å²) in [4.78, 5) is 2.66. The Bertz CT molecular complexity index is 160. The maximum Gasteiger partial charge on any atom is 0.0589 e. The summed E-state index contributed by atoms with van der Waals surface area (Å²) in [5.41, 5.74) is 0. The van der Waals surface area contributed by atoms with Gasteiger partial charge >= 0.3 is 0 Å². The topological polar surface area (TPSA) is 12.5 Å². The van der Waals surface area contributed by atoms with E-state index >= 15 is 0 Å². The monoisotopic (exact) mass is 183 g/mol. The van der Waals surface area contributed by atoms with Gasteiger partial charge in [-0.3, -0.25) is 4.90 Å². The molecule has 0 unspecified atom stereocenters. The first-order valence-corrected chi connectivity index (χ1v) is 5.65. The largest absolute Gasteiger partial charge is 0.383 e. The molecule has 1 saturated heterocycles. The molecule has 0 radical (unpaired) electrons. The Morgan fingerprint density at radius 1 is 1.23 bits per heavy atom. The van der Waals surface area contributed by atoms with E-state index in [-0.39, 0.29) is 0 Å². The number of fused-ring (bicyclic) bond motifs is 1. The summed E-state index contributed by atoms with van der Waals surface area (Å²) in [6, 6.07) is 0.906. The Hall–Kier alpha value is -0.0800. The third-order valence-corrected chi connectivity index (χ3v) is 3.69. The highest BCUT2D eigenvalue weighted by molar-refractivity contribution is 4.88. The van der Waals surface area contributed by atoms with Crippen LogP contribution in [0.1, 0.15) is 32.1 Å². The second-order valence-corrected chi connectivity index (χ2v) is 4.43. The molecule has 1 heterocycles. The Morgan fingerprint density at radius 2 is 2.08 bits per heavy atom. The Labute approximate surface area is 81.3 Å². The second kappa shape index (κ2) is 4.43. The van der Waals surface area contributed by atoms with Crippen LogP contribution < -0.4 is 0 Å². The molecule has 2 rings (SSSR count). The van der Waals surface area contributed by atoms with E-state index in [1.54, 1.807) is 7.11 Å². The fourth-order valence-corrected chi connectivity index (χ4v) is 3.04. The number of rotatable bonds is 3. The average molecular weight is 183 g/mol. The van der Waals surface area contributed by atoms with Gasteiger partial charge < -0.3 is 4.74 Å². The molecule has 1 aliphatic carbocycles. The third-order valence-electron chi connectivity index (χ3n) is 3.69. The van der Waals surface area contributed by atoms with Crippen LogP contribution in [0.15, 0.2) is 0 Å². The van der Waals surface area contributed by atoms with Crippen LogP contribution in [0, 0.1) is 5.92 Å². The van der Waals surface area contributed by atoms with Crippen molar-refractivity contribution in [3.63, 3.8) is 0 Å². The van der Waals surface area contributed by atoms with Gasteiger partial charge in [0.15, 0.2) is 0 Å². The van der Waals surface area contributed by atoms with E-state index in [1.165, 1.54) is 38.6 Å². The van der Waals surface area contributed by atoms with Crippen molar-refractivity contribution in [2.75, 3.05) is 26.8 Å². The molecule has 2 aliphatic rings. The molecule has 13 heavy (non-hydrogen) atoms. The Kier molecular flexibility index (Phi) is 3.23. The lowest BCUT2D eigenvalue weighted by atomic mass is 9.92. The fourth-order valence-electron chi connectivity index (χ4n) is 3.04. The van der Waals surface area contributed by atoms with Crippen molar-refractivity contribution < 1.29 is 4.74 Å². The maximum atomic E-state index is 5.15. The average Bonchev–Trinajstić information content (AvgIpc) is 2.62. The van der Waals surface area contributed by atoms with Crippen LogP contribution in [0.25, 0.3) is 0 Å². The predicted molar refractivity (Wildman–Crippen MR) is 53.8 cm³/mol. The van der Waals surface area contributed by atoms with Gasteiger partial charge in [-0.05, 0) is 38.1 Å².